The fraction of sp³-hybridized carbons (Fsp3) is 0.489. The summed E-state index contributed by atoms with van der Waals surface area (Å²) in [5.74, 6) is 0. The van der Waals surface area contributed by atoms with Gasteiger partial charge < -0.3 is 13.3 Å². The van der Waals surface area contributed by atoms with Crippen LogP contribution in [-0.4, -0.2) is 42.1 Å². The van der Waals surface area contributed by atoms with Gasteiger partial charge in [0.25, 0.3) is 15.7 Å². The summed E-state index contributed by atoms with van der Waals surface area (Å²) in [4.78, 5) is 13.1. The maximum Gasteiger partial charge on any atom is 0.320 e. The van der Waals surface area contributed by atoms with Gasteiger partial charge in [-0.1, -0.05) is 137 Å². The largest absolute Gasteiger partial charge is 0.407 e. The van der Waals surface area contributed by atoms with Gasteiger partial charge in [-0.3, -0.25) is 10.1 Å². The zero-order chi connectivity index (χ0) is 46.1. The van der Waals surface area contributed by atoms with E-state index < -0.39 is 43.9 Å². The lowest BCUT2D eigenvalue weighted by Gasteiger charge is -2.27. The highest BCUT2D eigenvalue weighted by atomic mass is 32.3. The molecule has 61 heavy (non-hydrogen) atoms. The number of nitrogens with one attached hydrogen (secondary N) is 1. The first-order valence-electron chi connectivity index (χ1n) is 20.8. The molecule has 4 aromatic carbocycles. The van der Waals surface area contributed by atoms with E-state index in [1.807, 2.05) is 6.92 Å². The summed E-state index contributed by atoms with van der Waals surface area (Å²) in [7, 11) is -11.2. The minimum Gasteiger partial charge on any atom is -0.407 e. The Morgan fingerprint density at radius 1 is 0.639 bits per heavy atom. The summed E-state index contributed by atoms with van der Waals surface area (Å²) in [5.41, 5.74) is 4.26. The standard InChI is InChI=1S/C41H52N3O7PS2.C6H15N/c1-26-14-18-31(19-15-26)54(48,49)43-53(47,30-20-16-29(17-21-30)44(45)46)42-52-50-36-32(22-27(38(2,3)4)24-34(36)40(8,9)10)33-23-28(39(5,6)7)25-35(37(33)51-52)41(11,12)13;1-4-7(5-2)6-3/h14-25H,1-13H3,(H,42,43,47);4-6H2,1-3H3. The zero-order valence-corrected chi connectivity index (χ0v) is 41.5. The average molecular weight is 895 g/mol. The molecule has 5 aromatic rings. The molecule has 0 aliphatic heterocycles. The van der Waals surface area contributed by atoms with E-state index in [1.165, 1.54) is 43.9 Å². The monoisotopic (exact) mass is 894 g/mol. The van der Waals surface area contributed by atoms with Crippen molar-refractivity contribution in [2.24, 2.45) is 3.77 Å². The van der Waals surface area contributed by atoms with Crippen LogP contribution in [0.4, 0.5) is 5.69 Å². The van der Waals surface area contributed by atoms with Gasteiger partial charge >= 0.3 is 8.16 Å². The van der Waals surface area contributed by atoms with E-state index in [1.54, 1.807) is 12.1 Å². The van der Waals surface area contributed by atoms with Crippen molar-refractivity contribution in [1.29, 1.82) is 0 Å². The van der Waals surface area contributed by atoms with Gasteiger partial charge in [-0.15, -0.1) is 4.49 Å². The number of fused-ring (bicyclic) bond motifs is 3. The Morgan fingerprint density at radius 3 is 1.36 bits per heavy atom. The van der Waals surface area contributed by atoms with Gasteiger partial charge in [0.1, 0.15) is 11.2 Å². The van der Waals surface area contributed by atoms with Gasteiger partial charge in [0.15, 0.2) is 9.92 Å². The van der Waals surface area contributed by atoms with Crippen LogP contribution in [0, 0.1) is 17.0 Å². The van der Waals surface area contributed by atoms with Crippen LogP contribution in [0.1, 0.15) is 132 Å². The number of sulfonamides is 1. The zero-order valence-electron chi connectivity index (χ0n) is 39.0. The van der Waals surface area contributed by atoms with Crippen LogP contribution in [0.3, 0.4) is 0 Å². The summed E-state index contributed by atoms with van der Waals surface area (Å²) in [6.07, 6.45) is 0. The molecule has 1 unspecified atom stereocenters. The quantitative estimate of drug-likeness (QED) is 0.114. The number of nitro groups is 1. The highest BCUT2D eigenvalue weighted by Gasteiger charge is 2.30. The van der Waals surface area contributed by atoms with Crippen molar-refractivity contribution in [2.45, 2.75) is 142 Å². The highest BCUT2D eigenvalue weighted by Crippen LogP contribution is 2.45. The molecule has 0 spiro atoms. The predicted molar refractivity (Wildman–Crippen MR) is 254 cm³/mol. The Balaban J connectivity index is 0.00000107. The average Bonchev–Trinajstić information content (AvgIpc) is 3.29. The number of aryl methyl sites for hydroxylation is 1. The van der Waals surface area contributed by atoms with Crippen LogP contribution in [0.25, 0.3) is 21.9 Å². The molecule has 1 heterocycles. The predicted octanol–water partition coefficient (Wildman–Crippen LogP) is 13.4. The van der Waals surface area contributed by atoms with Crippen molar-refractivity contribution < 1.29 is 25.9 Å². The number of hydrogen-bond donors (Lipinski definition) is 1. The van der Waals surface area contributed by atoms with E-state index >= 15 is 4.21 Å². The van der Waals surface area contributed by atoms with Gasteiger partial charge in [0, 0.05) is 34.0 Å². The van der Waals surface area contributed by atoms with Crippen LogP contribution in [0.5, 0.6) is 0 Å². The number of benzene rings is 4. The second-order valence-corrected chi connectivity index (χ2v) is 24.7. The molecule has 0 bridgehead atoms. The SMILES string of the molecule is CCN(CC)CC.Cc1ccc(S(=O)(=O)N=S(=O)(Np2oc3c(C(C)(C)C)cc(C(C)(C)C)cc3c3cc(C(C)(C)C)cc(C(C)(C)C)c3o2)c2ccc([N+](=O)[O-])cc2)cc1. The minimum absolute atomic E-state index is 0.0959. The van der Waals surface area contributed by atoms with E-state index in [-0.39, 0.29) is 26.3 Å². The second kappa shape index (κ2) is 18.4. The fourth-order valence-corrected chi connectivity index (χ4v) is 12.1. The van der Waals surface area contributed by atoms with E-state index in [4.69, 9.17) is 8.39 Å². The molecular weight excluding hydrogens is 828 g/mol. The maximum atomic E-state index is 15.3. The second-order valence-electron chi connectivity index (χ2n) is 19.6. The summed E-state index contributed by atoms with van der Waals surface area (Å²) < 4.78 is 63.7. The number of non-ortho nitro benzene ring substituents is 1. The maximum absolute atomic E-state index is 15.3. The number of nitrogens with zero attached hydrogens (tertiary/aromatic N) is 3. The molecular formula is C47H67N4O7PS2. The summed E-state index contributed by atoms with van der Waals surface area (Å²) in [6.45, 7) is 37.5. The van der Waals surface area contributed by atoms with Crippen LogP contribution in [0.15, 0.2) is 94.7 Å². The lowest BCUT2D eigenvalue weighted by Crippen LogP contribution is -2.21. The van der Waals surface area contributed by atoms with Crippen molar-refractivity contribution in [2.75, 3.05) is 24.1 Å². The third kappa shape index (κ3) is 11.9. The summed E-state index contributed by atoms with van der Waals surface area (Å²) in [6, 6.07) is 19.4. The van der Waals surface area contributed by atoms with Gasteiger partial charge in [0.2, 0.25) is 0 Å². The van der Waals surface area contributed by atoms with Crippen molar-refractivity contribution in [3.63, 3.8) is 0 Å². The molecule has 0 amide bonds. The molecule has 0 fully saturated rings. The van der Waals surface area contributed by atoms with E-state index in [9.17, 15) is 18.5 Å². The van der Waals surface area contributed by atoms with Crippen molar-refractivity contribution in [3.05, 3.63) is 111 Å². The van der Waals surface area contributed by atoms with Crippen molar-refractivity contribution in [1.82, 2.24) is 4.90 Å². The summed E-state index contributed by atoms with van der Waals surface area (Å²) in [5, 5.41) is 13.2. The molecule has 1 N–H and O–H groups in total. The first-order chi connectivity index (χ1) is 27.9. The van der Waals surface area contributed by atoms with Crippen LogP contribution < -0.4 is 4.49 Å². The van der Waals surface area contributed by atoms with E-state index in [2.05, 4.69) is 141 Å². The lowest BCUT2D eigenvalue weighted by atomic mass is 9.77. The molecule has 5 rings (SSSR count). The third-order valence-corrected chi connectivity index (χ3v) is 16.3. The molecule has 0 aliphatic carbocycles. The third-order valence-electron chi connectivity index (χ3n) is 10.6. The van der Waals surface area contributed by atoms with Crippen molar-refractivity contribution >= 4 is 55.7 Å². The number of rotatable bonds is 9. The van der Waals surface area contributed by atoms with Gasteiger partial charge in [-0.2, -0.15) is 8.42 Å². The van der Waals surface area contributed by atoms with Gasteiger partial charge in [0.05, 0.1) is 14.7 Å². The van der Waals surface area contributed by atoms with Crippen LogP contribution in [0.2, 0.25) is 0 Å². The fourth-order valence-electron chi connectivity index (χ4n) is 6.58. The molecule has 0 saturated carbocycles. The first-order valence-corrected chi connectivity index (χ1v) is 25.0. The highest BCUT2D eigenvalue weighted by molar-refractivity contribution is 8.06. The topological polar surface area (TPSA) is 148 Å². The molecule has 1 atom stereocenters. The first kappa shape index (κ1) is 49.7. The van der Waals surface area contributed by atoms with Gasteiger partial charge in [-0.05, 0) is 95.7 Å². The van der Waals surface area contributed by atoms with Crippen LogP contribution in [-0.2, 0) is 41.6 Å². The summed E-state index contributed by atoms with van der Waals surface area (Å²) >= 11 is 0. The lowest BCUT2D eigenvalue weighted by molar-refractivity contribution is -0.384. The molecule has 1 aromatic heterocycles. The van der Waals surface area contributed by atoms with E-state index in [0.29, 0.717) is 11.2 Å². The number of hydrogen-bond acceptors (Lipinski definition) is 8. The smallest absolute Gasteiger partial charge is 0.320 e. The molecule has 14 heteroatoms. The Labute approximate surface area is 365 Å². The van der Waals surface area contributed by atoms with Crippen LogP contribution >= 0.6 is 8.16 Å². The minimum atomic E-state index is -4.54. The molecule has 0 aliphatic rings. The van der Waals surface area contributed by atoms with Crippen molar-refractivity contribution in [3.8, 4) is 0 Å². The Kier molecular flexibility index (Phi) is 15.0. The molecule has 334 valence electrons. The van der Waals surface area contributed by atoms with Gasteiger partial charge in [-0.25, -0.2) is 4.21 Å². The molecule has 0 radical (unpaired) electrons. The number of nitro benzene ring substituents is 1. The normalized spacial score (nSPS) is 13.8. The molecule has 0 saturated heterocycles. The molecule has 11 nitrogen and oxygen atoms in total. The Morgan fingerprint density at radius 2 is 1.03 bits per heavy atom. The Hall–Kier alpha value is -4.00. The van der Waals surface area contributed by atoms with E-state index in [0.717, 1.165) is 50.7 Å². The Bertz CT molecular complexity index is 2550.